The van der Waals surface area contributed by atoms with Crippen molar-refractivity contribution in [1.29, 1.82) is 0 Å². The number of imidazole rings is 1. The van der Waals surface area contributed by atoms with E-state index in [9.17, 15) is 0 Å². The van der Waals surface area contributed by atoms with Crippen molar-refractivity contribution in [2.24, 2.45) is 10.9 Å². The van der Waals surface area contributed by atoms with Crippen LogP contribution < -0.4 is 5.73 Å². The van der Waals surface area contributed by atoms with Crippen molar-refractivity contribution in [3.63, 3.8) is 0 Å². The number of nitrogens with zero attached hydrogens (tertiary/aromatic N) is 3. The van der Waals surface area contributed by atoms with Crippen LogP contribution in [0.4, 0.5) is 0 Å². The van der Waals surface area contributed by atoms with Crippen molar-refractivity contribution in [3.8, 4) is 0 Å². The number of benzene rings is 1. The molecule has 0 amide bonds. The molecule has 0 bridgehead atoms. The van der Waals surface area contributed by atoms with Gasteiger partial charge in [-0.2, -0.15) is 0 Å². The van der Waals surface area contributed by atoms with Gasteiger partial charge in [0.25, 0.3) is 0 Å². The van der Waals surface area contributed by atoms with Crippen molar-refractivity contribution in [2.45, 2.75) is 20.4 Å². The SMILES string of the molecule is Cc1cccc(C)c1Cn1ccnc1/C(N)=N/O. The molecule has 94 valence electrons. The lowest BCUT2D eigenvalue weighted by Gasteiger charge is -2.12. The predicted molar refractivity (Wildman–Crippen MR) is 69.8 cm³/mol. The van der Waals surface area contributed by atoms with Gasteiger partial charge in [-0.15, -0.1) is 0 Å². The molecule has 5 nitrogen and oxygen atoms in total. The molecule has 3 N–H and O–H groups in total. The van der Waals surface area contributed by atoms with Gasteiger partial charge in [0.2, 0.25) is 5.84 Å². The van der Waals surface area contributed by atoms with Gasteiger partial charge < -0.3 is 15.5 Å². The largest absolute Gasteiger partial charge is 0.409 e. The number of aryl methyl sites for hydroxylation is 2. The van der Waals surface area contributed by atoms with Crippen molar-refractivity contribution >= 4 is 5.84 Å². The summed E-state index contributed by atoms with van der Waals surface area (Å²) in [5, 5.41) is 11.7. The fourth-order valence-corrected chi connectivity index (χ4v) is 1.98. The van der Waals surface area contributed by atoms with E-state index >= 15 is 0 Å². The maximum Gasteiger partial charge on any atom is 0.206 e. The van der Waals surface area contributed by atoms with Gasteiger partial charge in [0.1, 0.15) is 0 Å². The first-order chi connectivity index (χ1) is 8.63. The Morgan fingerprint density at radius 3 is 2.67 bits per heavy atom. The molecule has 0 unspecified atom stereocenters. The van der Waals surface area contributed by atoms with Crippen molar-refractivity contribution in [3.05, 3.63) is 53.1 Å². The zero-order chi connectivity index (χ0) is 13.1. The summed E-state index contributed by atoms with van der Waals surface area (Å²) in [6.45, 7) is 4.80. The lowest BCUT2D eigenvalue weighted by atomic mass is 10.0. The molecule has 0 aliphatic heterocycles. The lowest BCUT2D eigenvalue weighted by molar-refractivity contribution is 0.318. The van der Waals surface area contributed by atoms with Crippen molar-refractivity contribution < 1.29 is 5.21 Å². The molecule has 0 atom stereocenters. The summed E-state index contributed by atoms with van der Waals surface area (Å²) in [5.74, 6) is 0.492. The zero-order valence-electron chi connectivity index (χ0n) is 10.5. The number of aromatic nitrogens is 2. The maximum atomic E-state index is 8.72. The molecule has 1 heterocycles. The van der Waals surface area contributed by atoms with Crippen molar-refractivity contribution in [2.75, 3.05) is 0 Å². The molecular weight excluding hydrogens is 228 g/mol. The van der Waals surface area contributed by atoms with Crippen LogP contribution in [0, 0.1) is 13.8 Å². The van der Waals surface area contributed by atoms with Crippen LogP contribution >= 0.6 is 0 Å². The highest BCUT2D eigenvalue weighted by Gasteiger charge is 2.10. The molecule has 2 aromatic rings. The topological polar surface area (TPSA) is 76.4 Å². The minimum atomic E-state index is 0.0197. The van der Waals surface area contributed by atoms with Gasteiger partial charge in [-0.25, -0.2) is 4.98 Å². The van der Waals surface area contributed by atoms with E-state index in [0.717, 1.165) is 0 Å². The Morgan fingerprint density at radius 1 is 1.39 bits per heavy atom. The van der Waals surface area contributed by atoms with E-state index in [4.69, 9.17) is 10.9 Å². The molecule has 18 heavy (non-hydrogen) atoms. The summed E-state index contributed by atoms with van der Waals surface area (Å²) in [6.07, 6.45) is 3.46. The fraction of sp³-hybridized carbons (Fsp3) is 0.231. The van der Waals surface area contributed by atoms with Gasteiger partial charge in [-0.05, 0) is 30.5 Å². The molecule has 0 aliphatic rings. The summed E-state index contributed by atoms with van der Waals surface area (Å²) in [7, 11) is 0. The molecule has 0 radical (unpaired) electrons. The Morgan fingerprint density at radius 2 is 2.06 bits per heavy atom. The molecule has 0 saturated carbocycles. The van der Waals surface area contributed by atoms with E-state index in [1.165, 1.54) is 16.7 Å². The Labute approximate surface area is 106 Å². The second-order valence-electron chi connectivity index (χ2n) is 4.23. The van der Waals surface area contributed by atoms with Crippen LogP contribution in [0.3, 0.4) is 0 Å². The molecule has 0 spiro atoms. The summed E-state index contributed by atoms with van der Waals surface area (Å²) >= 11 is 0. The molecule has 1 aromatic heterocycles. The first kappa shape index (κ1) is 12.2. The number of oxime groups is 1. The van der Waals surface area contributed by atoms with Gasteiger partial charge in [0.05, 0.1) is 0 Å². The average Bonchev–Trinajstić information content (AvgIpc) is 2.81. The highest BCUT2D eigenvalue weighted by Crippen LogP contribution is 2.15. The molecule has 2 rings (SSSR count). The summed E-state index contributed by atoms with van der Waals surface area (Å²) in [6, 6.07) is 6.18. The van der Waals surface area contributed by atoms with Gasteiger partial charge in [0.15, 0.2) is 5.82 Å². The Hall–Kier alpha value is -2.30. The van der Waals surface area contributed by atoms with E-state index < -0.39 is 0 Å². The van der Waals surface area contributed by atoms with Crippen LogP contribution in [0.5, 0.6) is 0 Å². The van der Waals surface area contributed by atoms with Crippen LogP contribution in [-0.4, -0.2) is 20.6 Å². The normalized spacial score (nSPS) is 11.8. The van der Waals surface area contributed by atoms with E-state index in [0.29, 0.717) is 12.4 Å². The first-order valence-corrected chi connectivity index (χ1v) is 5.67. The molecule has 0 aliphatic carbocycles. The molecule has 0 fully saturated rings. The van der Waals surface area contributed by atoms with Crippen LogP contribution in [0.1, 0.15) is 22.5 Å². The monoisotopic (exact) mass is 244 g/mol. The zero-order valence-corrected chi connectivity index (χ0v) is 10.5. The minimum absolute atomic E-state index is 0.0197. The minimum Gasteiger partial charge on any atom is -0.409 e. The van der Waals surface area contributed by atoms with Gasteiger partial charge in [0, 0.05) is 18.9 Å². The molecule has 5 heteroatoms. The third kappa shape index (κ3) is 2.20. The molecular formula is C13H16N4O. The van der Waals surface area contributed by atoms with E-state index in [1.54, 1.807) is 6.20 Å². The summed E-state index contributed by atoms with van der Waals surface area (Å²) in [4.78, 5) is 4.09. The number of rotatable bonds is 3. The summed E-state index contributed by atoms with van der Waals surface area (Å²) in [5.41, 5.74) is 9.24. The quantitative estimate of drug-likeness (QED) is 0.373. The summed E-state index contributed by atoms with van der Waals surface area (Å²) < 4.78 is 1.87. The average molecular weight is 244 g/mol. The van der Waals surface area contributed by atoms with Gasteiger partial charge in [-0.3, -0.25) is 0 Å². The number of hydrogen-bond donors (Lipinski definition) is 2. The Balaban J connectivity index is 2.38. The Kier molecular flexibility index (Phi) is 3.32. The second kappa shape index (κ2) is 4.91. The number of amidine groups is 1. The number of hydrogen-bond acceptors (Lipinski definition) is 3. The number of nitrogens with two attached hydrogens (primary N) is 1. The van der Waals surface area contributed by atoms with Gasteiger partial charge in [-0.1, -0.05) is 23.4 Å². The van der Waals surface area contributed by atoms with Crippen LogP contribution in [0.15, 0.2) is 35.7 Å². The Bertz CT molecular complexity index is 566. The smallest absolute Gasteiger partial charge is 0.206 e. The molecule has 1 aromatic carbocycles. The maximum absolute atomic E-state index is 8.72. The first-order valence-electron chi connectivity index (χ1n) is 5.67. The van der Waals surface area contributed by atoms with E-state index in [1.807, 2.05) is 16.8 Å². The highest BCUT2D eigenvalue weighted by atomic mass is 16.4. The second-order valence-corrected chi connectivity index (χ2v) is 4.23. The molecule has 0 saturated heterocycles. The van der Waals surface area contributed by atoms with Crippen LogP contribution in [0.25, 0.3) is 0 Å². The van der Waals surface area contributed by atoms with Crippen molar-refractivity contribution in [1.82, 2.24) is 9.55 Å². The third-order valence-electron chi connectivity index (χ3n) is 3.03. The van der Waals surface area contributed by atoms with E-state index in [2.05, 4.69) is 36.1 Å². The van der Waals surface area contributed by atoms with Crippen LogP contribution in [-0.2, 0) is 6.54 Å². The lowest BCUT2D eigenvalue weighted by Crippen LogP contribution is -2.20. The highest BCUT2D eigenvalue weighted by molar-refractivity contribution is 5.93. The fourth-order valence-electron chi connectivity index (χ4n) is 1.98. The van der Waals surface area contributed by atoms with Crippen LogP contribution in [0.2, 0.25) is 0 Å². The third-order valence-corrected chi connectivity index (χ3v) is 3.03. The van der Waals surface area contributed by atoms with E-state index in [-0.39, 0.29) is 5.84 Å². The van der Waals surface area contributed by atoms with Gasteiger partial charge >= 0.3 is 0 Å². The standard InChI is InChI=1S/C13H16N4O/c1-9-4-3-5-10(2)11(9)8-17-7-6-15-13(17)12(14)16-18/h3-7,18H,8H2,1-2H3,(H2,14,16). The predicted octanol–water partition coefficient (Wildman–Crippen LogP) is 1.64.